The standard InChI is InChI=1S/C15H20ClIN2O/c1-9-4-3-7-15(8-9,20-2)14-18-12(10-5-6-10)11(17)13(16)19-14/h9-10H,3-8H2,1-2H3. The maximum atomic E-state index is 6.35. The molecule has 0 spiro atoms. The summed E-state index contributed by atoms with van der Waals surface area (Å²) in [6.45, 7) is 2.28. The van der Waals surface area contributed by atoms with Crippen molar-refractivity contribution < 1.29 is 4.74 Å². The van der Waals surface area contributed by atoms with Gasteiger partial charge in [0.1, 0.15) is 10.8 Å². The molecule has 2 saturated carbocycles. The molecule has 2 unspecified atom stereocenters. The van der Waals surface area contributed by atoms with Crippen molar-refractivity contribution >= 4 is 34.2 Å². The van der Waals surface area contributed by atoms with Crippen LogP contribution >= 0.6 is 34.2 Å². The highest BCUT2D eigenvalue weighted by atomic mass is 127. The Bertz CT molecular complexity index is 521. The zero-order valence-corrected chi connectivity index (χ0v) is 14.9. The SMILES string of the molecule is COC1(c2nc(Cl)c(I)c(C3CC3)n2)CCCC(C)C1. The minimum Gasteiger partial charge on any atom is -0.370 e. The molecule has 5 heteroatoms. The molecule has 1 aromatic rings. The topological polar surface area (TPSA) is 35.0 Å². The molecule has 0 N–H and O–H groups in total. The Hall–Kier alpha value is 0.0600. The normalized spacial score (nSPS) is 30.5. The highest BCUT2D eigenvalue weighted by Gasteiger charge is 2.41. The molecule has 110 valence electrons. The number of hydrogen-bond donors (Lipinski definition) is 0. The summed E-state index contributed by atoms with van der Waals surface area (Å²) in [5, 5.41) is 0.590. The van der Waals surface area contributed by atoms with E-state index in [4.69, 9.17) is 21.3 Å². The molecule has 2 atom stereocenters. The van der Waals surface area contributed by atoms with Crippen LogP contribution in [-0.2, 0) is 10.3 Å². The van der Waals surface area contributed by atoms with Gasteiger partial charge in [-0.2, -0.15) is 0 Å². The van der Waals surface area contributed by atoms with Crippen molar-refractivity contribution in [3.8, 4) is 0 Å². The number of ether oxygens (including phenoxy) is 1. The molecule has 3 rings (SSSR count). The van der Waals surface area contributed by atoms with Crippen molar-refractivity contribution in [2.75, 3.05) is 7.11 Å². The lowest BCUT2D eigenvalue weighted by molar-refractivity contribution is -0.0647. The van der Waals surface area contributed by atoms with E-state index in [2.05, 4.69) is 34.5 Å². The minimum absolute atomic E-state index is 0.338. The summed E-state index contributed by atoms with van der Waals surface area (Å²) in [4.78, 5) is 9.43. The van der Waals surface area contributed by atoms with Crippen molar-refractivity contribution in [3.05, 3.63) is 20.2 Å². The maximum Gasteiger partial charge on any atom is 0.162 e. The fourth-order valence-corrected chi connectivity index (χ4v) is 4.11. The van der Waals surface area contributed by atoms with Gasteiger partial charge < -0.3 is 4.74 Å². The molecule has 1 heterocycles. The highest BCUT2D eigenvalue weighted by molar-refractivity contribution is 14.1. The Morgan fingerprint density at radius 3 is 2.65 bits per heavy atom. The van der Waals surface area contributed by atoms with E-state index in [1.807, 2.05) is 0 Å². The van der Waals surface area contributed by atoms with E-state index in [1.165, 1.54) is 25.7 Å². The zero-order valence-electron chi connectivity index (χ0n) is 12.0. The maximum absolute atomic E-state index is 6.35. The van der Waals surface area contributed by atoms with Crippen LogP contribution in [0, 0.1) is 9.49 Å². The Morgan fingerprint density at radius 2 is 2.05 bits per heavy atom. The number of methoxy groups -OCH3 is 1. The largest absolute Gasteiger partial charge is 0.370 e. The van der Waals surface area contributed by atoms with E-state index < -0.39 is 0 Å². The molecule has 0 aliphatic heterocycles. The quantitative estimate of drug-likeness (QED) is 0.541. The Balaban J connectivity index is 2.03. The van der Waals surface area contributed by atoms with Crippen LogP contribution in [0.25, 0.3) is 0 Å². The summed E-state index contributed by atoms with van der Waals surface area (Å²) in [6, 6.07) is 0. The van der Waals surface area contributed by atoms with E-state index >= 15 is 0 Å². The fraction of sp³-hybridized carbons (Fsp3) is 0.733. The van der Waals surface area contributed by atoms with Gasteiger partial charge in [-0.15, -0.1) is 0 Å². The monoisotopic (exact) mass is 406 g/mol. The summed E-state index contributed by atoms with van der Waals surface area (Å²) in [5.74, 6) is 2.03. The van der Waals surface area contributed by atoms with Gasteiger partial charge in [0.05, 0.1) is 9.26 Å². The lowest BCUT2D eigenvalue weighted by atomic mass is 9.78. The molecule has 20 heavy (non-hydrogen) atoms. The van der Waals surface area contributed by atoms with E-state index in [1.54, 1.807) is 7.11 Å². The summed E-state index contributed by atoms with van der Waals surface area (Å²) < 4.78 is 6.92. The summed E-state index contributed by atoms with van der Waals surface area (Å²) in [5.41, 5.74) is 0.796. The van der Waals surface area contributed by atoms with Crippen LogP contribution in [0.3, 0.4) is 0 Å². The number of halogens is 2. The van der Waals surface area contributed by atoms with Gasteiger partial charge >= 0.3 is 0 Å². The van der Waals surface area contributed by atoms with Crippen LogP contribution in [0.1, 0.15) is 62.9 Å². The van der Waals surface area contributed by atoms with E-state index in [0.717, 1.165) is 27.9 Å². The lowest BCUT2D eigenvalue weighted by Gasteiger charge is -2.37. The van der Waals surface area contributed by atoms with Gasteiger partial charge in [0, 0.05) is 13.0 Å². The molecule has 0 saturated heterocycles. The first kappa shape index (κ1) is 15.0. The van der Waals surface area contributed by atoms with Gasteiger partial charge in [-0.05, 0) is 60.6 Å². The van der Waals surface area contributed by atoms with Gasteiger partial charge in [-0.25, -0.2) is 9.97 Å². The molecule has 0 radical (unpaired) electrons. The van der Waals surface area contributed by atoms with E-state index in [0.29, 0.717) is 17.0 Å². The molecular weight excluding hydrogens is 387 g/mol. The summed E-state index contributed by atoms with van der Waals surface area (Å²) in [7, 11) is 1.78. The second-order valence-electron chi connectivity index (χ2n) is 6.21. The van der Waals surface area contributed by atoms with Gasteiger partial charge in [-0.1, -0.05) is 24.9 Å². The summed E-state index contributed by atoms with van der Waals surface area (Å²) in [6.07, 6.45) is 6.86. The van der Waals surface area contributed by atoms with Crippen LogP contribution < -0.4 is 0 Å². The number of hydrogen-bond acceptors (Lipinski definition) is 3. The molecule has 0 aromatic carbocycles. The lowest BCUT2D eigenvalue weighted by Crippen LogP contribution is -2.36. The molecule has 3 nitrogen and oxygen atoms in total. The molecule has 2 aliphatic rings. The van der Waals surface area contributed by atoms with E-state index in [9.17, 15) is 0 Å². The first-order valence-corrected chi connectivity index (χ1v) is 8.80. The number of rotatable bonds is 3. The highest BCUT2D eigenvalue weighted by Crippen LogP contribution is 2.45. The van der Waals surface area contributed by atoms with Crippen LogP contribution in [0.15, 0.2) is 0 Å². The van der Waals surface area contributed by atoms with Gasteiger partial charge in [0.2, 0.25) is 0 Å². The summed E-state index contributed by atoms with van der Waals surface area (Å²) >= 11 is 8.62. The van der Waals surface area contributed by atoms with Crippen LogP contribution in [0.4, 0.5) is 0 Å². The first-order chi connectivity index (χ1) is 9.55. The molecule has 2 fully saturated rings. The van der Waals surface area contributed by atoms with Crippen molar-refractivity contribution in [2.24, 2.45) is 5.92 Å². The Morgan fingerprint density at radius 1 is 1.30 bits per heavy atom. The fourth-order valence-electron chi connectivity index (χ4n) is 3.25. The molecule has 2 aliphatic carbocycles. The molecule has 0 amide bonds. The smallest absolute Gasteiger partial charge is 0.162 e. The van der Waals surface area contributed by atoms with Crippen molar-refractivity contribution in [1.29, 1.82) is 0 Å². The van der Waals surface area contributed by atoms with Crippen LogP contribution in [0.5, 0.6) is 0 Å². The predicted octanol–water partition coefficient (Wildman–Crippen LogP) is 4.66. The molecule has 1 aromatic heterocycles. The Labute approximate surface area is 139 Å². The Kier molecular flexibility index (Phi) is 4.26. The molecular formula is C15H20ClIN2O. The second-order valence-corrected chi connectivity index (χ2v) is 7.65. The zero-order chi connectivity index (χ0) is 14.3. The third-order valence-corrected chi connectivity index (χ3v) is 6.21. The average molecular weight is 407 g/mol. The first-order valence-electron chi connectivity index (χ1n) is 7.34. The van der Waals surface area contributed by atoms with Gasteiger partial charge in [0.15, 0.2) is 5.82 Å². The van der Waals surface area contributed by atoms with Crippen LogP contribution in [-0.4, -0.2) is 17.1 Å². The third-order valence-electron chi connectivity index (χ3n) is 4.55. The number of nitrogens with zero attached hydrogens (tertiary/aromatic N) is 2. The molecule has 0 bridgehead atoms. The average Bonchev–Trinajstić information content (AvgIpc) is 3.26. The number of aromatic nitrogens is 2. The van der Waals surface area contributed by atoms with Crippen molar-refractivity contribution in [1.82, 2.24) is 9.97 Å². The second kappa shape index (κ2) is 5.69. The minimum atomic E-state index is -0.338. The van der Waals surface area contributed by atoms with Crippen molar-refractivity contribution in [2.45, 2.75) is 57.0 Å². The van der Waals surface area contributed by atoms with Gasteiger partial charge in [-0.3, -0.25) is 0 Å². The van der Waals surface area contributed by atoms with E-state index in [-0.39, 0.29) is 5.60 Å². The van der Waals surface area contributed by atoms with Gasteiger partial charge in [0.25, 0.3) is 0 Å². The van der Waals surface area contributed by atoms with Crippen molar-refractivity contribution in [3.63, 3.8) is 0 Å². The van der Waals surface area contributed by atoms with Crippen LogP contribution in [0.2, 0.25) is 5.15 Å². The predicted molar refractivity (Wildman–Crippen MR) is 88.1 cm³/mol. The third kappa shape index (κ3) is 2.71.